The summed E-state index contributed by atoms with van der Waals surface area (Å²) in [5.74, 6) is 1.68. The molecule has 1 heterocycles. The number of hydrogen-bond donors (Lipinski definition) is 1. The molecule has 34 heavy (non-hydrogen) atoms. The van der Waals surface area contributed by atoms with Crippen molar-refractivity contribution >= 4 is 0 Å². The molecule has 2 aromatic rings. The molecule has 3 rings (SSSR count). The van der Waals surface area contributed by atoms with Crippen molar-refractivity contribution in [1.29, 1.82) is 0 Å². The minimum atomic E-state index is 0.419. The highest BCUT2D eigenvalue weighted by atomic mass is 16.5. The number of ether oxygens (including phenoxy) is 2. The molecule has 4 nitrogen and oxygen atoms in total. The van der Waals surface area contributed by atoms with Crippen molar-refractivity contribution in [3.8, 4) is 11.5 Å². The smallest absolute Gasteiger partial charge is 0.161 e. The lowest BCUT2D eigenvalue weighted by Gasteiger charge is -2.38. The van der Waals surface area contributed by atoms with Gasteiger partial charge in [0.25, 0.3) is 0 Å². The lowest BCUT2D eigenvalue weighted by Crippen LogP contribution is -2.35. The van der Waals surface area contributed by atoms with Crippen molar-refractivity contribution in [2.24, 2.45) is 5.73 Å². The van der Waals surface area contributed by atoms with E-state index in [-0.39, 0.29) is 0 Å². The van der Waals surface area contributed by atoms with Gasteiger partial charge in [-0.3, -0.25) is 4.90 Å². The summed E-state index contributed by atoms with van der Waals surface area (Å²) in [6.45, 7) is 4.93. The Morgan fingerprint density at radius 3 is 2.03 bits per heavy atom. The molecule has 0 saturated heterocycles. The molecule has 188 valence electrons. The van der Waals surface area contributed by atoms with Crippen molar-refractivity contribution < 1.29 is 9.47 Å². The molecule has 0 spiro atoms. The molecule has 1 aliphatic rings. The zero-order valence-electron chi connectivity index (χ0n) is 21.8. The van der Waals surface area contributed by atoms with Gasteiger partial charge in [-0.05, 0) is 47.2 Å². The summed E-state index contributed by atoms with van der Waals surface area (Å²) in [6, 6.07) is 13.7. The summed E-state index contributed by atoms with van der Waals surface area (Å²) >= 11 is 0. The number of methoxy groups -OCH3 is 2. The predicted molar refractivity (Wildman–Crippen MR) is 143 cm³/mol. The third-order valence-corrected chi connectivity index (χ3v) is 7.34. The number of fused-ring (bicyclic) bond motifs is 1. The summed E-state index contributed by atoms with van der Waals surface area (Å²) in [7, 11) is 3.46. The Balaban J connectivity index is 1.66. The van der Waals surface area contributed by atoms with E-state index >= 15 is 0 Å². The summed E-state index contributed by atoms with van der Waals surface area (Å²) < 4.78 is 11.3. The maximum absolute atomic E-state index is 5.80. The Kier molecular flexibility index (Phi) is 11.2. The predicted octanol–water partition coefficient (Wildman–Crippen LogP) is 7.18. The van der Waals surface area contributed by atoms with E-state index < -0.39 is 0 Å². The maximum atomic E-state index is 5.80. The van der Waals surface area contributed by atoms with Gasteiger partial charge in [0.1, 0.15) is 0 Å². The molecule has 2 aromatic carbocycles. The first-order valence-electron chi connectivity index (χ1n) is 13.5. The second-order valence-electron chi connectivity index (χ2n) is 9.78. The van der Waals surface area contributed by atoms with E-state index in [1.54, 1.807) is 14.2 Å². The van der Waals surface area contributed by atoms with E-state index in [4.69, 9.17) is 15.2 Å². The van der Waals surface area contributed by atoms with Gasteiger partial charge in [0, 0.05) is 25.7 Å². The Morgan fingerprint density at radius 1 is 0.824 bits per heavy atom. The Morgan fingerprint density at radius 2 is 1.41 bits per heavy atom. The molecule has 0 saturated carbocycles. The van der Waals surface area contributed by atoms with Crippen LogP contribution in [0.3, 0.4) is 0 Å². The van der Waals surface area contributed by atoms with E-state index in [2.05, 4.69) is 48.2 Å². The van der Waals surface area contributed by atoms with E-state index in [1.807, 2.05) is 0 Å². The van der Waals surface area contributed by atoms with E-state index in [0.29, 0.717) is 12.6 Å². The van der Waals surface area contributed by atoms with Gasteiger partial charge in [0.15, 0.2) is 11.5 Å². The normalized spacial score (nSPS) is 15.8. The second-order valence-corrected chi connectivity index (χ2v) is 9.78. The Labute approximate surface area is 207 Å². The van der Waals surface area contributed by atoms with Crippen LogP contribution in [0.2, 0.25) is 0 Å². The molecule has 0 fully saturated rings. The number of rotatable bonds is 15. The molecule has 0 aromatic heterocycles. The van der Waals surface area contributed by atoms with E-state index in [9.17, 15) is 0 Å². The van der Waals surface area contributed by atoms with Crippen molar-refractivity contribution in [3.05, 3.63) is 58.7 Å². The highest BCUT2D eigenvalue weighted by Gasteiger charge is 2.28. The molecule has 1 unspecified atom stereocenters. The fraction of sp³-hybridized carbons (Fsp3) is 0.600. The van der Waals surface area contributed by atoms with Crippen LogP contribution in [0.5, 0.6) is 11.5 Å². The third kappa shape index (κ3) is 7.48. The molecule has 0 radical (unpaired) electrons. The Bertz CT molecular complexity index is 850. The van der Waals surface area contributed by atoms with Crippen molar-refractivity contribution in [3.63, 3.8) is 0 Å². The molecule has 1 atom stereocenters. The zero-order chi connectivity index (χ0) is 24.2. The molecule has 0 bridgehead atoms. The van der Waals surface area contributed by atoms with Crippen molar-refractivity contribution in [2.75, 3.05) is 20.8 Å². The standard InChI is InChI=1S/C30H46N2O2/c1-4-5-6-7-8-9-10-11-12-13-28-27-21-30(34-3)29(33-2)20-26(27)18-19-32(28)23-25-16-14-24(22-31)15-17-25/h14-17,20-21,28H,4-13,18-19,22-23,31H2,1-3H3. The van der Waals surface area contributed by atoms with Crippen LogP contribution in [-0.2, 0) is 19.5 Å². The van der Waals surface area contributed by atoms with Crippen LogP contribution < -0.4 is 15.2 Å². The van der Waals surface area contributed by atoms with E-state index in [1.165, 1.54) is 86.5 Å². The SMILES string of the molecule is CCCCCCCCCCCC1c2cc(OC)c(OC)cc2CCN1Cc1ccc(CN)cc1. The number of nitrogens with two attached hydrogens (primary N) is 1. The first kappa shape index (κ1) is 26.6. The molecule has 2 N–H and O–H groups in total. The van der Waals surface area contributed by atoms with Gasteiger partial charge in [0.05, 0.1) is 14.2 Å². The van der Waals surface area contributed by atoms with Crippen LogP contribution in [-0.4, -0.2) is 25.7 Å². The van der Waals surface area contributed by atoms with Gasteiger partial charge in [-0.2, -0.15) is 0 Å². The highest BCUT2D eigenvalue weighted by molar-refractivity contribution is 5.49. The minimum absolute atomic E-state index is 0.419. The zero-order valence-corrected chi connectivity index (χ0v) is 21.8. The summed E-state index contributed by atoms with van der Waals surface area (Å²) in [5, 5.41) is 0. The van der Waals surface area contributed by atoms with Crippen LogP contribution in [0.4, 0.5) is 0 Å². The third-order valence-electron chi connectivity index (χ3n) is 7.34. The first-order valence-corrected chi connectivity index (χ1v) is 13.5. The monoisotopic (exact) mass is 466 g/mol. The Hall–Kier alpha value is -2.04. The average molecular weight is 467 g/mol. The number of benzene rings is 2. The van der Waals surface area contributed by atoms with Crippen LogP contribution in [0.1, 0.15) is 99.4 Å². The lowest BCUT2D eigenvalue weighted by atomic mass is 9.88. The van der Waals surface area contributed by atoms with Crippen molar-refractivity contribution in [1.82, 2.24) is 4.90 Å². The molecular formula is C30H46N2O2. The first-order chi connectivity index (χ1) is 16.7. The molecule has 0 aliphatic carbocycles. The van der Waals surface area contributed by atoms with Gasteiger partial charge < -0.3 is 15.2 Å². The number of nitrogens with zero attached hydrogens (tertiary/aromatic N) is 1. The number of hydrogen-bond acceptors (Lipinski definition) is 4. The second kappa shape index (κ2) is 14.4. The molecule has 1 aliphatic heterocycles. The van der Waals surface area contributed by atoms with Crippen molar-refractivity contribution in [2.45, 2.75) is 96.7 Å². The van der Waals surface area contributed by atoms with Crippen LogP contribution in [0, 0.1) is 0 Å². The lowest BCUT2D eigenvalue weighted by molar-refractivity contribution is 0.163. The van der Waals surface area contributed by atoms with Gasteiger partial charge in [-0.25, -0.2) is 0 Å². The largest absolute Gasteiger partial charge is 0.493 e. The van der Waals surface area contributed by atoms with Gasteiger partial charge in [-0.1, -0.05) is 89.0 Å². The highest BCUT2D eigenvalue weighted by Crippen LogP contribution is 2.40. The molecule has 0 amide bonds. The van der Waals surface area contributed by atoms with Gasteiger partial charge >= 0.3 is 0 Å². The maximum Gasteiger partial charge on any atom is 0.161 e. The summed E-state index contributed by atoms with van der Waals surface area (Å²) in [5.41, 5.74) is 11.2. The molecule has 4 heteroatoms. The summed E-state index contributed by atoms with van der Waals surface area (Å²) in [6.07, 6.45) is 14.5. The fourth-order valence-electron chi connectivity index (χ4n) is 5.27. The average Bonchev–Trinajstić information content (AvgIpc) is 2.88. The van der Waals surface area contributed by atoms with Crippen LogP contribution in [0.15, 0.2) is 36.4 Å². The van der Waals surface area contributed by atoms with Crippen LogP contribution >= 0.6 is 0 Å². The van der Waals surface area contributed by atoms with Gasteiger partial charge in [-0.15, -0.1) is 0 Å². The fourth-order valence-corrected chi connectivity index (χ4v) is 5.27. The quantitative estimate of drug-likeness (QED) is 0.282. The summed E-state index contributed by atoms with van der Waals surface area (Å²) in [4.78, 5) is 2.66. The van der Waals surface area contributed by atoms with E-state index in [0.717, 1.165) is 31.0 Å². The minimum Gasteiger partial charge on any atom is -0.493 e. The van der Waals surface area contributed by atoms with Gasteiger partial charge in [0.2, 0.25) is 0 Å². The molecular weight excluding hydrogens is 420 g/mol. The number of unbranched alkanes of at least 4 members (excludes halogenated alkanes) is 8. The van der Waals surface area contributed by atoms with Crippen LogP contribution in [0.25, 0.3) is 0 Å². The topological polar surface area (TPSA) is 47.7 Å².